The van der Waals surface area contributed by atoms with Gasteiger partial charge in [-0.15, -0.1) is 0 Å². The van der Waals surface area contributed by atoms with Crippen LogP contribution in [0, 0.1) is 6.92 Å². The van der Waals surface area contributed by atoms with E-state index in [2.05, 4.69) is 0 Å². The Labute approximate surface area is 105 Å². The molecule has 0 radical (unpaired) electrons. The van der Waals surface area contributed by atoms with Gasteiger partial charge in [-0.1, -0.05) is 11.6 Å². The molecule has 1 aromatic heterocycles. The maximum absolute atomic E-state index is 6.18. The summed E-state index contributed by atoms with van der Waals surface area (Å²) in [6.45, 7) is 1.88. The van der Waals surface area contributed by atoms with Crippen LogP contribution in [0.5, 0.6) is 5.75 Å². The lowest BCUT2D eigenvalue weighted by molar-refractivity contribution is 0.407. The molecule has 1 aromatic carbocycles. The lowest BCUT2D eigenvalue weighted by Gasteiger charge is -2.14. The van der Waals surface area contributed by atoms with Gasteiger partial charge in [-0.3, -0.25) is 0 Å². The minimum Gasteiger partial charge on any atom is -0.496 e. The number of nitrogens with two attached hydrogens (primary N) is 1. The van der Waals surface area contributed by atoms with Crippen molar-refractivity contribution in [2.45, 2.75) is 13.0 Å². The summed E-state index contributed by atoms with van der Waals surface area (Å²) in [7, 11) is 1.61. The van der Waals surface area contributed by atoms with E-state index >= 15 is 0 Å². The summed E-state index contributed by atoms with van der Waals surface area (Å²) >= 11 is 5.98. The summed E-state index contributed by atoms with van der Waals surface area (Å²) in [4.78, 5) is 0. The Kier molecular flexibility index (Phi) is 3.41. The third-order valence-corrected chi connectivity index (χ3v) is 2.87. The molecule has 0 fully saturated rings. The molecule has 1 atom stereocenters. The first-order valence-corrected chi connectivity index (χ1v) is 5.63. The summed E-state index contributed by atoms with van der Waals surface area (Å²) in [6.07, 6.45) is 1.65. The highest BCUT2D eigenvalue weighted by molar-refractivity contribution is 6.30. The van der Waals surface area contributed by atoms with E-state index in [-0.39, 0.29) is 6.04 Å². The minimum absolute atomic E-state index is 0.305. The van der Waals surface area contributed by atoms with Crippen molar-refractivity contribution in [2.75, 3.05) is 7.11 Å². The summed E-state index contributed by atoms with van der Waals surface area (Å²) in [6, 6.07) is 7.00. The monoisotopic (exact) mass is 251 g/mol. The fourth-order valence-corrected chi connectivity index (χ4v) is 1.94. The Hall–Kier alpha value is -1.45. The number of benzene rings is 1. The number of rotatable bonds is 3. The van der Waals surface area contributed by atoms with E-state index in [4.69, 9.17) is 26.5 Å². The molecular weight excluding hydrogens is 238 g/mol. The van der Waals surface area contributed by atoms with Gasteiger partial charge in [0.05, 0.1) is 19.4 Å². The van der Waals surface area contributed by atoms with Crippen molar-refractivity contribution < 1.29 is 9.15 Å². The van der Waals surface area contributed by atoms with Crippen molar-refractivity contribution >= 4 is 11.6 Å². The van der Waals surface area contributed by atoms with Crippen molar-refractivity contribution in [3.8, 4) is 5.75 Å². The van der Waals surface area contributed by atoms with Crippen LogP contribution < -0.4 is 10.5 Å². The maximum atomic E-state index is 6.18. The molecule has 0 aliphatic carbocycles. The van der Waals surface area contributed by atoms with Crippen LogP contribution >= 0.6 is 11.6 Å². The Morgan fingerprint density at radius 3 is 2.71 bits per heavy atom. The molecule has 2 N–H and O–H groups in total. The first-order chi connectivity index (χ1) is 8.11. The zero-order valence-electron chi connectivity index (χ0n) is 9.74. The van der Waals surface area contributed by atoms with Gasteiger partial charge in [0.2, 0.25) is 0 Å². The maximum Gasteiger partial charge on any atom is 0.124 e. The van der Waals surface area contributed by atoms with Crippen molar-refractivity contribution in [1.82, 2.24) is 0 Å². The normalized spacial score (nSPS) is 12.5. The summed E-state index contributed by atoms with van der Waals surface area (Å²) in [5, 5.41) is 0.636. The third kappa shape index (κ3) is 2.46. The number of aryl methyl sites for hydroxylation is 1. The standard InChI is InChI=1S/C13H14ClNO2/c1-8-5-9(7-17-8)13(15)11-6-10(14)3-4-12(11)16-2/h3-7,13H,15H2,1-2H3. The average molecular weight is 252 g/mol. The van der Waals surface area contributed by atoms with E-state index in [0.29, 0.717) is 5.02 Å². The molecule has 2 rings (SSSR count). The quantitative estimate of drug-likeness (QED) is 0.911. The van der Waals surface area contributed by atoms with Gasteiger partial charge in [0.15, 0.2) is 0 Å². The first-order valence-electron chi connectivity index (χ1n) is 5.26. The van der Waals surface area contributed by atoms with Crippen LogP contribution in [0.25, 0.3) is 0 Å². The third-order valence-electron chi connectivity index (χ3n) is 2.64. The van der Waals surface area contributed by atoms with Crippen LogP contribution in [-0.2, 0) is 0 Å². The van der Waals surface area contributed by atoms with Gasteiger partial charge < -0.3 is 14.9 Å². The summed E-state index contributed by atoms with van der Waals surface area (Å²) < 4.78 is 10.5. The Bertz CT molecular complexity index is 522. The Morgan fingerprint density at radius 2 is 2.12 bits per heavy atom. The average Bonchev–Trinajstić information content (AvgIpc) is 2.75. The van der Waals surface area contributed by atoms with Crippen molar-refractivity contribution in [3.05, 3.63) is 52.4 Å². The highest BCUT2D eigenvalue weighted by atomic mass is 35.5. The SMILES string of the molecule is COc1ccc(Cl)cc1C(N)c1coc(C)c1. The van der Waals surface area contributed by atoms with Crippen LogP contribution in [-0.4, -0.2) is 7.11 Å². The lowest BCUT2D eigenvalue weighted by Crippen LogP contribution is -2.12. The zero-order chi connectivity index (χ0) is 12.4. The van der Waals surface area contributed by atoms with Crippen molar-refractivity contribution in [2.24, 2.45) is 5.73 Å². The Morgan fingerprint density at radius 1 is 1.35 bits per heavy atom. The van der Waals surface area contributed by atoms with E-state index in [9.17, 15) is 0 Å². The fourth-order valence-electron chi connectivity index (χ4n) is 1.75. The second-order valence-electron chi connectivity index (χ2n) is 3.85. The van der Waals surface area contributed by atoms with E-state index in [1.54, 1.807) is 19.4 Å². The van der Waals surface area contributed by atoms with Crippen molar-refractivity contribution in [3.63, 3.8) is 0 Å². The van der Waals surface area contributed by atoms with E-state index < -0.39 is 0 Å². The predicted octanol–water partition coefficient (Wildman–Crippen LogP) is 3.30. The highest BCUT2D eigenvalue weighted by Gasteiger charge is 2.16. The van der Waals surface area contributed by atoms with Gasteiger partial charge in [-0.05, 0) is 31.2 Å². The van der Waals surface area contributed by atoms with Crippen LogP contribution in [0.4, 0.5) is 0 Å². The van der Waals surface area contributed by atoms with E-state index in [1.165, 1.54) is 0 Å². The molecule has 0 saturated carbocycles. The summed E-state index contributed by atoms with van der Waals surface area (Å²) in [5.74, 6) is 1.55. The summed E-state index contributed by atoms with van der Waals surface area (Å²) in [5.41, 5.74) is 7.93. The van der Waals surface area contributed by atoms with Gasteiger partial charge >= 0.3 is 0 Å². The van der Waals surface area contributed by atoms with Gasteiger partial charge in [-0.2, -0.15) is 0 Å². The second-order valence-corrected chi connectivity index (χ2v) is 4.29. The number of ether oxygens (including phenoxy) is 1. The molecule has 4 heteroatoms. The zero-order valence-corrected chi connectivity index (χ0v) is 10.5. The fraction of sp³-hybridized carbons (Fsp3) is 0.231. The van der Waals surface area contributed by atoms with Crippen LogP contribution in [0.15, 0.2) is 34.9 Å². The van der Waals surface area contributed by atoms with Crippen LogP contribution in [0.2, 0.25) is 5.02 Å². The molecular formula is C13H14ClNO2. The number of halogens is 1. The highest BCUT2D eigenvalue weighted by Crippen LogP contribution is 2.31. The molecule has 1 heterocycles. The predicted molar refractivity (Wildman–Crippen MR) is 67.5 cm³/mol. The van der Waals surface area contributed by atoms with E-state index in [1.807, 2.05) is 25.1 Å². The molecule has 0 saturated heterocycles. The molecule has 1 unspecified atom stereocenters. The van der Waals surface area contributed by atoms with Gasteiger partial charge in [0.1, 0.15) is 11.5 Å². The number of hydrogen-bond donors (Lipinski definition) is 1. The molecule has 0 aliphatic rings. The lowest BCUT2D eigenvalue weighted by atomic mass is 10.0. The van der Waals surface area contributed by atoms with E-state index in [0.717, 1.165) is 22.6 Å². The molecule has 17 heavy (non-hydrogen) atoms. The molecule has 0 bridgehead atoms. The van der Waals surface area contributed by atoms with Gasteiger partial charge in [0, 0.05) is 16.1 Å². The second kappa shape index (κ2) is 4.82. The smallest absolute Gasteiger partial charge is 0.124 e. The van der Waals surface area contributed by atoms with Crippen LogP contribution in [0.3, 0.4) is 0 Å². The Balaban J connectivity index is 2.42. The minimum atomic E-state index is -0.305. The van der Waals surface area contributed by atoms with Gasteiger partial charge in [0.25, 0.3) is 0 Å². The largest absolute Gasteiger partial charge is 0.496 e. The molecule has 0 amide bonds. The van der Waals surface area contributed by atoms with Gasteiger partial charge in [-0.25, -0.2) is 0 Å². The first kappa shape index (κ1) is 12.0. The van der Waals surface area contributed by atoms with Crippen molar-refractivity contribution in [1.29, 1.82) is 0 Å². The number of furan rings is 1. The molecule has 2 aromatic rings. The molecule has 3 nitrogen and oxygen atoms in total. The number of hydrogen-bond acceptors (Lipinski definition) is 3. The topological polar surface area (TPSA) is 48.4 Å². The van der Waals surface area contributed by atoms with Crippen LogP contribution in [0.1, 0.15) is 22.9 Å². The molecule has 0 spiro atoms. The molecule has 0 aliphatic heterocycles. The molecule has 90 valence electrons. The number of methoxy groups -OCH3 is 1.